The maximum atomic E-state index is 11.1. The van der Waals surface area contributed by atoms with Crippen molar-refractivity contribution < 1.29 is 4.79 Å². The lowest BCUT2D eigenvalue weighted by Crippen LogP contribution is -2.03. The van der Waals surface area contributed by atoms with Crippen LogP contribution in [0.1, 0.15) is 13.3 Å². The zero-order valence-corrected chi connectivity index (χ0v) is 11.2. The summed E-state index contributed by atoms with van der Waals surface area (Å²) in [5.74, 6) is 0.192. The Morgan fingerprint density at radius 1 is 1.35 bits per heavy atom. The molecule has 88 valence electrons. The molecule has 0 saturated heterocycles. The lowest BCUT2D eigenvalue weighted by molar-refractivity contribution is -0.117. The summed E-state index contributed by atoms with van der Waals surface area (Å²) < 4.78 is 2.86. The predicted octanol–water partition coefficient (Wildman–Crippen LogP) is 3.93. The molecule has 0 amide bonds. The summed E-state index contributed by atoms with van der Waals surface area (Å²) in [5, 5.41) is 2.05. The van der Waals surface area contributed by atoms with Gasteiger partial charge in [-0.05, 0) is 24.7 Å². The summed E-state index contributed by atoms with van der Waals surface area (Å²) in [4.78, 5) is 11.1. The third kappa shape index (κ3) is 2.90. The van der Waals surface area contributed by atoms with Gasteiger partial charge in [-0.25, -0.2) is 0 Å². The molecule has 2 aromatic rings. The van der Waals surface area contributed by atoms with Crippen LogP contribution >= 0.6 is 23.6 Å². The molecule has 2 nitrogen and oxygen atoms in total. The van der Waals surface area contributed by atoms with Gasteiger partial charge < -0.3 is 4.57 Å². The number of hydrogen-bond acceptors (Lipinski definition) is 3. The van der Waals surface area contributed by atoms with Crippen molar-refractivity contribution >= 4 is 29.3 Å². The van der Waals surface area contributed by atoms with Gasteiger partial charge in [0.25, 0.3) is 0 Å². The van der Waals surface area contributed by atoms with Crippen molar-refractivity contribution in [2.24, 2.45) is 0 Å². The maximum Gasteiger partial charge on any atom is 0.161 e. The average Bonchev–Trinajstić information content (AvgIpc) is 2.69. The van der Waals surface area contributed by atoms with Crippen molar-refractivity contribution in [3.05, 3.63) is 39.7 Å². The summed E-state index contributed by atoms with van der Waals surface area (Å²) in [6.07, 6.45) is 0.533. The van der Waals surface area contributed by atoms with Crippen molar-refractivity contribution in [2.75, 3.05) is 0 Å². The third-order valence-corrected chi connectivity index (χ3v) is 3.81. The molecule has 1 aromatic heterocycles. The maximum absolute atomic E-state index is 11.1. The second kappa shape index (κ2) is 5.38. The monoisotopic (exact) mass is 263 g/mol. The van der Waals surface area contributed by atoms with E-state index in [1.807, 2.05) is 22.8 Å². The van der Waals surface area contributed by atoms with Crippen LogP contribution in [0.25, 0.3) is 11.3 Å². The van der Waals surface area contributed by atoms with E-state index >= 15 is 0 Å². The van der Waals surface area contributed by atoms with Gasteiger partial charge in [0.2, 0.25) is 0 Å². The van der Waals surface area contributed by atoms with Gasteiger partial charge in [0.15, 0.2) is 3.95 Å². The molecule has 0 unspecified atom stereocenters. The fourth-order valence-electron chi connectivity index (χ4n) is 1.65. The van der Waals surface area contributed by atoms with Crippen LogP contribution in [0.2, 0.25) is 0 Å². The van der Waals surface area contributed by atoms with Crippen LogP contribution in [-0.4, -0.2) is 10.4 Å². The lowest BCUT2D eigenvalue weighted by Gasteiger charge is -2.07. The molecule has 1 heterocycles. The first-order valence-electron chi connectivity index (χ1n) is 5.41. The molecule has 0 aliphatic rings. The molecular weight excluding hydrogens is 250 g/mol. The van der Waals surface area contributed by atoms with Crippen LogP contribution in [0, 0.1) is 3.95 Å². The van der Waals surface area contributed by atoms with E-state index in [0.717, 1.165) is 15.2 Å². The lowest BCUT2D eigenvalue weighted by atomic mass is 10.2. The predicted molar refractivity (Wildman–Crippen MR) is 73.9 cm³/mol. The molecule has 0 saturated carbocycles. The SMILES string of the molecule is CC(=O)CCn1c(-c2ccccc2)csc1=S. The van der Waals surface area contributed by atoms with Gasteiger partial charge in [0.1, 0.15) is 5.78 Å². The van der Waals surface area contributed by atoms with E-state index in [4.69, 9.17) is 12.2 Å². The molecule has 0 aliphatic heterocycles. The fourth-order valence-corrected chi connectivity index (χ4v) is 2.77. The second-order valence-corrected chi connectivity index (χ2v) is 5.36. The average molecular weight is 263 g/mol. The summed E-state index contributed by atoms with van der Waals surface area (Å²) in [5.41, 5.74) is 2.24. The van der Waals surface area contributed by atoms with Crippen molar-refractivity contribution in [3.8, 4) is 11.3 Å². The van der Waals surface area contributed by atoms with Crippen molar-refractivity contribution in [2.45, 2.75) is 19.9 Å². The number of aromatic nitrogens is 1. The van der Waals surface area contributed by atoms with Crippen molar-refractivity contribution in [1.29, 1.82) is 0 Å². The molecule has 0 spiro atoms. The molecule has 0 fully saturated rings. The first-order valence-corrected chi connectivity index (χ1v) is 6.70. The number of ketones is 1. The molecule has 1 aromatic carbocycles. The van der Waals surface area contributed by atoms with Crippen LogP contribution in [-0.2, 0) is 11.3 Å². The topological polar surface area (TPSA) is 22.0 Å². The number of carbonyl (C=O) groups is 1. The van der Waals surface area contributed by atoms with Crippen LogP contribution in [0.15, 0.2) is 35.7 Å². The largest absolute Gasteiger partial charge is 0.323 e. The third-order valence-electron chi connectivity index (χ3n) is 2.54. The minimum Gasteiger partial charge on any atom is -0.323 e. The summed E-state index contributed by atoms with van der Waals surface area (Å²) in [7, 11) is 0. The molecule has 0 radical (unpaired) electrons. The standard InChI is InChI=1S/C13H13NOS2/c1-10(15)7-8-14-12(9-17-13(14)16)11-5-3-2-4-6-11/h2-6,9H,7-8H2,1H3. The van der Waals surface area contributed by atoms with Crippen LogP contribution < -0.4 is 0 Å². The number of rotatable bonds is 4. The molecule has 2 rings (SSSR count). The first-order chi connectivity index (χ1) is 8.18. The first kappa shape index (κ1) is 12.2. The molecule has 17 heavy (non-hydrogen) atoms. The van der Waals surface area contributed by atoms with E-state index in [2.05, 4.69) is 17.5 Å². The Hall–Kier alpha value is -1.26. The highest BCUT2D eigenvalue weighted by molar-refractivity contribution is 7.73. The highest BCUT2D eigenvalue weighted by Gasteiger charge is 2.07. The zero-order valence-electron chi connectivity index (χ0n) is 9.55. The Labute approximate surface area is 110 Å². The van der Waals surface area contributed by atoms with Gasteiger partial charge >= 0.3 is 0 Å². The normalized spacial score (nSPS) is 10.4. The molecule has 0 N–H and O–H groups in total. The highest BCUT2D eigenvalue weighted by Crippen LogP contribution is 2.23. The Balaban J connectivity index is 2.36. The van der Waals surface area contributed by atoms with Gasteiger partial charge in [-0.15, -0.1) is 11.3 Å². The minimum absolute atomic E-state index is 0.192. The van der Waals surface area contributed by atoms with E-state index in [0.29, 0.717) is 13.0 Å². The second-order valence-electron chi connectivity index (χ2n) is 3.86. The van der Waals surface area contributed by atoms with Crippen molar-refractivity contribution in [3.63, 3.8) is 0 Å². The molecule has 4 heteroatoms. The minimum atomic E-state index is 0.192. The number of carbonyl (C=O) groups excluding carboxylic acids is 1. The molecule has 0 bridgehead atoms. The van der Waals surface area contributed by atoms with Crippen molar-refractivity contribution in [1.82, 2.24) is 4.57 Å². The molecule has 0 aliphatic carbocycles. The molecule has 0 atom stereocenters. The van der Waals surface area contributed by atoms with E-state index in [1.54, 1.807) is 18.3 Å². The number of hydrogen-bond donors (Lipinski definition) is 0. The number of Topliss-reactive ketones (excluding diaryl/α,β-unsaturated/α-hetero) is 1. The van der Waals surface area contributed by atoms with E-state index in [9.17, 15) is 4.79 Å². The summed E-state index contributed by atoms with van der Waals surface area (Å²) in [6, 6.07) is 10.1. The zero-order chi connectivity index (χ0) is 12.3. The summed E-state index contributed by atoms with van der Waals surface area (Å²) >= 11 is 6.84. The van der Waals surface area contributed by atoms with Gasteiger partial charge in [-0.2, -0.15) is 0 Å². The van der Waals surface area contributed by atoms with Gasteiger partial charge in [0, 0.05) is 18.3 Å². The number of thiazole rings is 1. The van der Waals surface area contributed by atoms with E-state index in [1.165, 1.54) is 0 Å². The van der Waals surface area contributed by atoms with E-state index < -0.39 is 0 Å². The van der Waals surface area contributed by atoms with Crippen LogP contribution in [0.5, 0.6) is 0 Å². The Morgan fingerprint density at radius 3 is 2.71 bits per heavy atom. The van der Waals surface area contributed by atoms with E-state index in [-0.39, 0.29) is 5.78 Å². The quantitative estimate of drug-likeness (QED) is 0.780. The Kier molecular flexibility index (Phi) is 3.86. The summed E-state index contributed by atoms with van der Waals surface area (Å²) in [6.45, 7) is 2.28. The number of nitrogens with zero attached hydrogens (tertiary/aromatic N) is 1. The smallest absolute Gasteiger partial charge is 0.161 e. The van der Waals surface area contributed by atoms with Crippen LogP contribution in [0.4, 0.5) is 0 Å². The van der Waals surface area contributed by atoms with Gasteiger partial charge in [0.05, 0.1) is 5.69 Å². The van der Waals surface area contributed by atoms with Gasteiger partial charge in [-0.1, -0.05) is 30.3 Å². The number of benzene rings is 1. The fraction of sp³-hybridized carbons (Fsp3) is 0.231. The Morgan fingerprint density at radius 2 is 2.06 bits per heavy atom. The van der Waals surface area contributed by atoms with Crippen LogP contribution in [0.3, 0.4) is 0 Å². The highest BCUT2D eigenvalue weighted by atomic mass is 32.1. The Bertz CT molecular complexity index is 569. The van der Waals surface area contributed by atoms with Gasteiger partial charge in [-0.3, -0.25) is 4.79 Å². The molecular formula is C13H13NOS2.